The van der Waals surface area contributed by atoms with Crippen molar-refractivity contribution in [3.8, 4) is 5.75 Å². The van der Waals surface area contributed by atoms with Crippen molar-refractivity contribution in [2.45, 2.75) is 6.92 Å². The fraction of sp³-hybridized carbons (Fsp3) is 0.273. The van der Waals surface area contributed by atoms with Crippen molar-refractivity contribution < 1.29 is 4.52 Å². The van der Waals surface area contributed by atoms with Gasteiger partial charge in [0, 0.05) is 12.3 Å². The van der Waals surface area contributed by atoms with Crippen molar-refractivity contribution in [2.24, 2.45) is 0 Å². The molecule has 0 radical (unpaired) electrons. The first-order valence-electron chi connectivity index (χ1n) is 4.48. The van der Waals surface area contributed by atoms with E-state index in [0.29, 0.717) is 0 Å². The standard InChI is InChI=1S/C11H13OP/c1-10-7-8-13(9-10)12-11-5-3-2-4-6-11/h2-7H,8-9H2,1H3. The molecule has 1 aromatic rings. The molecule has 0 fully saturated rings. The van der Waals surface area contributed by atoms with Crippen LogP contribution in [0, 0.1) is 0 Å². The highest BCUT2D eigenvalue weighted by atomic mass is 31.1. The maximum atomic E-state index is 5.86. The lowest BCUT2D eigenvalue weighted by Gasteiger charge is -2.12. The van der Waals surface area contributed by atoms with E-state index in [1.54, 1.807) is 0 Å². The average Bonchev–Trinajstić information content (AvgIpc) is 2.53. The quantitative estimate of drug-likeness (QED) is 0.515. The molecule has 0 saturated heterocycles. The molecule has 0 amide bonds. The molecule has 0 spiro atoms. The predicted octanol–water partition coefficient (Wildman–Crippen LogP) is 3.42. The molecule has 1 atom stereocenters. The minimum absolute atomic E-state index is 0.253. The third-order valence-electron chi connectivity index (χ3n) is 2.05. The highest BCUT2D eigenvalue weighted by Gasteiger charge is 2.15. The van der Waals surface area contributed by atoms with Crippen molar-refractivity contribution >= 4 is 8.15 Å². The van der Waals surface area contributed by atoms with Crippen molar-refractivity contribution in [3.05, 3.63) is 42.0 Å². The van der Waals surface area contributed by atoms with E-state index >= 15 is 0 Å². The van der Waals surface area contributed by atoms with Gasteiger partial charge in [-0.15, -0.1) is 0 Å². The first-order chi connectivity index (χ1) is 6.34. The molecule has 2 heteroatoms. The molecule has 1 unspecified atom stereocenters. The number of para-hydroxylation sites is 1. The van der Waals surface area contributed by atoms with Crippen LogP contribution in [0.4, 0.5) is 0 Å². The summed E-state index contributed by atoms with van der Waals surface area (Å²) < 4.78 is 5.86. The Morgan fingerprint density at radius 1 is 1.23 bits per heavy atom. The molecular weight excluding hydrogens is 179 g/mol. The van der Waals surface area contributed by atoms with Crippen molar-refractivity contribution in [1.82, 2.24) is 0 Å². The minimum atomic E-state index is -0.253. The Morgan fingerprint density at radius 3 is 2.62 bits per heavy atom. The lowest BCUT2D eigenvalue weighted by molar-refractivity contribution is 0.619. The summed E-state index contributed by atoms with van der Waals surface area (Å²) in [5.41, 5.74) is 1.47. The van der Waals surface area contributed by atoms with E-state index in [1.807, 2.05) is 30.3 Å². The molecule has 1 heterocycles. The Labute approximate surface area is 80.3 Å². The van der Waals surface area contributed by atoms with Crippen LogP contribution in [0.15, 0.2) is 42.0 Å². The van der Waals surface area contributed by atoms with E-state index in [2.05, 4.69) is 13.0 Å². The fourth-order valence-corrected chi connectivity index (χ4v) is 3.25. The third-order valence-corrected chi connectivity index (χ3v) is 3.96. The SMILES string of the molecule is CC1=CCP(Oc2ccccc2)C1. The maximum Gasteiger partial charge on any atom is 0.123 e. The number of benzene rings is 1. The van der Waals surface area contributed by atoms with E-state index < -0.39 is 0 Å². The van der Waals surface area contributed by atoms with Crippen LogP contribution in [0.25, 0.3) is 0 Å². The van der Waals surface area contributed by atoms with Gasteiger partial charge in [0.05, 0.1) is 8.15 Å². The van der Waals surface area contributed by atoms with Gasteiger partial charge < -0.3 is 4.52 Å². The zero-order valence-corrected chi connectivity index (χ0v) is 8.63. The highest BCUT2D eigenvalue weighted by Crippen LogP contribution is 2.43. The number of allylic oxidation sites excluding steroid dienone is 2. The van der Waals surface area contributed by atoms with Crippen LogP contribution < -0.4 is 4.52 Å². The Balaban J connectivity index is 1.94. The largest absolute Gasteiger partial charge is 0.473 e. The van der Waals surface area contributed by atoms with E-state index in [-0.39, 0.29) is 8.15 Å². The van der Waals surface area contributed by atoms with Crippen LogP contribution in [-0.2, 0) is 0 Å². The molecule has 0 bridgehead atoms. The fourth-order valence-electron chi connectivity index (χ4n) is 1.36. The Morgan fingerprint density at radius 2 is 2.00 bits per heavy atom. The molecule has 0 saturated carbocycles. The van der Waals surface area contributed by atoms with Gasteiger partial charge in [0.25, 0.3) is 0 Å². The van der Waals surface area contributed by atoms with Gasteiger partial charge in [-0.2, -0.15) is 0 Å². The summed E-state index contributed by atoms with van der Waals surface area (Å²) in [6, 6.07) is 10.1. The Hall–Kier alpha value is -0.810. The summed E-state index contributed by atoms with van der Waals surface area (Å²) in [5, 5.41) is 0. The average molecular weight is 192 g/mol. The molecule has 1 aliphatic rings. The van der Waals surface area contributed by atoms with Gasteiger partial charge >= 0.3 is 0 Å². The number of hydrogen-bond donors (Lipinski definition) is 0. The summed E-state index contributed by atoms with van der Waals surface area (Å²) in [7, 11) is -0.253. The van der Waals surface area contributed by atoms with E-state index in [0.717, 1.165) is 18.1 Å². The summed E-state index contributed by atoms with van der Waals surface area (Å²) in [6.07, 6.45) is 4.55. The summed E-state index contributed by atoms with van der Waals surface area (Å²) >= 11 is 0. The normalized spacial score (nSPS) is 21.3. The molecular formula is C11H13OP. The van der Waals surface area contributed by atoms with Crippen LogP contribution in [0.1, 0.15) is 6.92 Å². The van der Waals surface area contributed by atoms with Gasteiger partial charge in [0.1, 0.15) is 5.75 Å². The second kappa shape index (κ2) is 3.93. The van der Waals surface area contributed by atoms with Crippen molar-refractivity contribution in [2.75, 3.05) is 12.3 Å². The third kappa shape index (κ3) is 2.32. The van der Waals surface area contributed by atoms with Crippen molar-refractivity contribution in [3.63, 3.8) is 0 Å². The van der Waals surface area contributed by atoms with E-state index in [9.17, 15) is 0 Å². The first kappa shape index (κ1) is 8.77. The van der Waals surface area contributed by atoms with Crippen LogP contribution in [0.3, 0.4) is 0 Å². The van der Waals surface area contributed by atoms with Crippen LogP contribution in [-0.4, -0.2) is 12.3 Å². The lowest BCUT2D eigenvalue weighted by atomic mass is 10.3. The second-order valence-electron chi connectivity index (χ2n) is 3.28. The molecule has 0 N–H and O–H groups in total. The second-order valence-corrected chi connectivity index (χ2v) is 5.10. The van der Waals surface area contributed by atoms with Gasteiger partial charge in [-0.05, 0) is 19.1 Å². The topological polar surface area (TPSA) is 9.23 Å². The van der Waals surface area contributed by atoms with Crippen LogP contribution in [0.2, 0.25) is 0 Å². The molecule has 0 aromatic heterocycles. The summed E-state index contributed by atoms with van der Waals surface area (Å²) in [5.74, 6) is 1.01. The molecule has 13 heavy (non-hydrogen) atoms. The zero-order valence-electron chi connectivity index (χ0n) is 7.73. The Kier molecular flexibility index (Phi) is 2.65. The highest BCUT2D eigenvalue weighted by molar-refractivity contribution is 7.53. The first-order valence-corrected chi connectivity index (χ1v) is 6.11. The van der Waals surface area contributed by atoms with E-state index in [1.165, 1.54) is 5.57 Å². The van der Waals surface area contributed by atoms with Crippen LogP contribution >= 0.6 is 8.15 Å². The lowest BCUT2D eigenvalue weighted by Crippen LogP contribution is -1.89. The molecule has 0 aliphatic carbocycles. The van der Waals surface area contributed by atoms with Gasteiger partial charge in [-0.3, -0.25) is 0 Å². The van der Waals surface area contributed by atoms with E-state index in [4.69, 9.17) is 4.52 Å². The van der Waals surface area contributed by atoms with Gasteiger partial charge in [-0.25, -0.2) is 0 Å². The Bertz CT molecular complexity index is 305. The minimum Gasteiger partial charge on any atom is -0.473 e. The predicted molar refractivity (Wildman–Crippen MR) is 57.5 cm³/mol. The summed E-state index contributed by atoms with van der Waals surface area (Å²) in [4.78, 5) is 0. The molecule has 2 rings (SSSR count). The monoisotopic (exact) mass is 192 g/mol. The summed E-state index contributed by atoms with van der Waals surface area (Å²) in [6.45, 7) is 2.18. The smallest absolute Gasteiger partial charge is 0.123 e. The number of rotatable bonds is 2. The van der Waals surface area contributed by atoms with Gasteiger partial charge in [0.15, 0.2) is 0 Å². The van der Waals surface area contributed by atoms with Crippen LogP contribution in [0.5, 0.6) is 5.75 Å². The molecule has 1 aliphatic heterocycles. The molecule has 68 valence electrons. The van der Waals surface area contributed by atoms with Crippen molar-refractivity contribution in [1.29, 1.82) is 0 Å². The van der Waals surface area contributed by atoms with Gasteiger partial charge in [0.2, 0.25) is 0 Å². The number of hydrogen-bond acceptors (Lipinski definition) is 1. The molecule has 1 nitrogen and oxygen atoms in total. The maximum absolute atomic E-state index is 5.86. The molecule has 1 aromatic carbocycles. The zero-order chi connectivity index (χ0) is 9.10. The van der Waals surface area contributed by atoms with Gasteiger partial charge in [-0.1, -0.05) is 29.8 Å².